The Hall–Kier alpha value is -1.41. The minimum absolute atomic E-state index is 0.00657. The van der Waals surface area contributed by atoms with Crippen LogP contribution in [0, 0.1) is 0 Å². The Morgan fingerprint density at radius 1 is 1.45 bits per heavy atom. The van der Waals surface area contributed by atoms with Crippen molar-refractivity contribution in [1.29, 1.82) is 0 Å². The Morgan fingerprint density at radius 3 is 2.60 bits per heavy atom. The molecule has 0 heterocycles. The molecule has 112 valence electrons. The molecule has 1 aromatic rings. The number of rotatable bonds is 6. The summed E-state index contributed by atoms with van der Waals surface area (Å²) in [7, 11) is 1.12. The molecule has 0 fully saturated rings. The van der Waals surface area contributed by atoms with Crippen LogP contribution in [0.1, 0.15) is 17.3 Å². The second-order valence-electron chi connectivity index (χ2n) is 3.63. The van der Waals surface area contributed by atoms with Crippen LogP contribution in [0.4, 0.5) is 8.78 Å². The Balaban J connectivity index is 3.10. The smallest absolute Gasteiger partial charge is 0.265 e. The Bertz CT molecular complexity index is 592. The van der Waals surface area contributed by atoms with Gasteiger partial charge in [-0.25, -0.2) is 17.2 Å². The molecule has 1 rings (SSSR count). The zero-order valence-electron chi connectivity index (χ0n) is 10.4. The average molecular weight is 328 g/mol. The molecule has 0 aliphatic heterocycles. The molecule has 0 radical (unpaired) electrons. The standard InChI is InChI=1S/C11H12ClF2NO4S/c1-2-19-8-4-3-7(5-9(8)20(12,17)18)11(16)15-6-10(13)14/h3-5,10H,2,6H2,1H3,(H,15,16). The predicted octanol–water partition coefficient (Wildman–Crippen LogP) is 2.01. The number of halogens is 3. The molecule has 0 aliphatic carbocycles. The van der Waals surface area contributed by atoms with Crippen LogP contribution in [0.5, 0.6) is 5.75 Å². The van der Waals surface area contributed by atoms with Gasteiger partial charge in [-0.2, -0.15) is 0 Å². The third-order valence-electron chi connectivity index (χ3n) is 2.19. The molecule has 1 amide bonds. The second-order valence-corrected chi connectivity index (χ2v) is 6.17. The maximum atomic E-state index is 12.0. The van der Waals surface area contributed by atoms with Crippen molar-refractivity contribution in [2.75, 3.05) is 13.2 Å². The van der Waals surface area contributed by atoms with Crippen molar-refractivity contribution >= 4 is 25.6 Å². The monoisotopic (exact) mass is 327 g/mol. The molecule has 0 bridgehead atoms. The highest BCUT2D eigenvalue weighted by Crippen LogP contribution is 2.28. The molecule has 0 atom stereocenters. The van der Waals surface area contributed by atoms with Gasteiger partial charge in [-0.05, 0) is 25.1 Å². The van der Waals surface area contributed by atoms with Crippen LogP contribution in [0.15, 0.2) is 23.1 Å². The maximum absolute atomic E-state index is 12.0. The minimum Gasteiger partial charge on any atom is -0.492 e. The molecule has 1 aromatic carbocycles. The highest BCUT2D eigenvalue weighted by Gasteiger charge is 2.20. The Morgan fingerprint density at radius 2 is 2.10 bits per heavy atom. The largest absolute Gasteiger partial charge is 0.492 e. The van der Waals surface area contributed by atoms with E-state index in [0.29, 0.717) is 0 Å². The molecule has 5 nitrogen and oxygen atoms in total. The molecule has 0 saturated carbocycles. The zero-order valence-corrected chi connectivity index (χ0v) is 12.0. The van der Waals surface area contributed by atoms with Gasteiger partial charge in [0.15, 0.2) is 0 Å². The molecule has 20 heavy (non-hydrogen) atoms. The van der Waals surface area contributed by atoms with E-state index in [-0.39, 0.29) is 22.8 Å². The first-order chi connectivity index (χ1) is 9.25. The molecule has 9 heteroatoms. The lowest BCUT2D eigenvalue weighted by atomic mass is 10.2. The first kappa shape index (κ1) is 16.6. The van der Waals surface area contributed by atoms with E-state index < -0.39 is 27.9 Å². The quantitative estimate of drug-likeness (QED) is 0.811. The van der Waals surface area contributed by atoms with Gasteiger partial charge in [-0.3, -0.25) is 4.79 Å². The van der Waals surface area contributed by atoms with Crippen molar-refractivity contribution in [3.05, 3.63) is 23.8 Å². The van der Waals surface area contributed by atoms with Gasteiger partial charge < -0.3 is 10.1 Å². The second kappa shape index (κ2) is 6.85. The Labute approximate surface area is 119 Å². The molecular weight excluding hydrogens is 316 g/mol. The van der Waals surface area contributed by atoms with Crippen molar-refractivity contribution in [1.82, 2.24) is 5.32 Å². The number of hydrogen-bond donors (Lipinski definition) is 1. The number of hydrogen-bond acceptors (Lipinski definition) is 4. The van der Waals surface area contributed by atoms with Crippen LogP contribution in [-0.2, 0) is 9.05 Å². The van der Waals surface area contributed by atoms with Crippen LogP contribution in [0.3, 0.4) is 0 Å². The van der Waals surface area contributed by atoms with E-state index in [4.69, 9.17) is 15.4 Å². The van der Waals surface area contributed by atoms with E-state index in [1.165, 1.54) is 12.1 Å². The van der Waals surface area contributed by atoms with Gasteiger partial charge in [-0.1, -0.05) is 0 Å². The predicted molar refractivity (Wildman–Crippen MR) is 69.0 cm³/mol. The van der Waals surface area contributed by atoms with Gasteiger partial charge in [-0.15, -0.1) is 0 Å². The highest BCUT2D eigenvalue weighted by atomic mass is 35.7. The van der Waals surface area contributed by atoms with Crippen molar-refractivity contribution in [2.24, 2.45) is 0 Å². The first-order valence-corrected chi connectivity index (χ1v) is 7.84. The number of amides is 1. The third-order valence-corrected chi connectivity index (χ3v) is 3.53. The van der Waals surface area contributed by atoms with Gasteiger partial charge in [0.05, 0.1) is 13.2 Å². The van der Waals surface area contributed by atoms with Gasteiger partial charge in [0.2, 0.25) is 0 Å². The number of carbonyl (C=O) groups excluding carboxylic acids is 1. The summed E-state index contributed by atoms with van der Waals surface area (Å²) in [5.41, 5.74) is -0.103. The lowest BCUT2D eigenvalue weighted by Crippen LogP contribution is -2.28. The molecule has 0 unspecified atom stereocenters. The van der Waals surface area contributed by atoms with Crippen LogP contribution < -0.4 is 10.1 Å². The number of benzene rings is 1. The van der Waals surface area contributed by atoms with Crippen LogP contribution in [-0.4, -0.2) is 33.9 Å². The molecule has 0 aliphatic rings. The summed E-state index contributed by atoms with van der Waals surface area (Å²) >= 11 is 0. The highest BCUT2D eigenvalue weighted by molar-refractivity contribution is 8.13. The lowest BCUT2D eigenvalue weighted by molar-refractivity contribution is 0.0891. The van der Waals surface area contributed by atoms with E-state index in [1.807, 2.05) is 5.32 Å². The van der Waals surface area contributed by atoms with Gasteiger partial charge in [0.25, 0.3) is 21.4 Å². The summed E-state index contributed by atoms with van der Waals surface area (Å²) in [6.45, 7) is 1.03. The summed E-state index contributed by atoms with van der Waals surface area (Å²) in [5.74, 6) is -0.831. The number of alkyl halides is 2. The van der Waals surface area contributed by atoms with Crippen LogP contribution in [0.2, 0.25) is 0 Å². The normalized spacial score (nSPS) is 11.4. The van der Waals surface area contributed by atoms with E-state index in [2.05, 4.69) is 0 Å². The fraction of sp³-hybridized carbons (Fsp3) is 0.364. The SMILES string of the molecule is CCOc1ccc(C(=O)NCC(F)F)cc1S(=O)(=O)Cl. The number of ether oxygens (including phenoxy) is 1. The summed E-state index contributed by atoms with van der Waals surface area (Å²) in [6.07, 6.45) is -2.70. The molecule has 0 saturated heterocycles. The summed E-state index contributed by atoms with van der Waals surface area (Å²) in [4.78, 5) is 11.2. The molecule has 0 spiro atoms. The van der Waals surface area contributed by atoms with E-state index in [1.54, 1.807) is 6.92 Å². The lowest BCUT2D eigenvalue weighted by Gasteiger charge is -2.10. The van der Waals surface area contributed by atoms with Crippen LogP contribution in [0.25, 0.3) is 0 Å². The minimum atomic E-state index is -4.12. The topological polar surface area (TPSA) is 72.5 Å². The summed E-state index contributed by atoms with van der Waals surface area (Å²) in [5, 5.41) is 1.96. The van der Waals surface area contributed by atoms with Crippen molar-refractivity contribution in [2.45, 2.75) is 18.2 Å². The summed E-state index contributed by atoms with van der Waals surface area (Å²) in [6, 6.07) is 3.49. The third kappa shape index (κ3) is 4.61. The fourth-order valence-corrected chi connectivity index (χ4v) is 2.38. The van der Waals surface area contributed by atoms with Gasteiger partial charge in [0, 0.05) is 16.2 Å². The van der Waals surface area contributed by atoms with E-state index in [9.17, 15) is 22.0 Å². The Kier molecular flexibility index (Phi) is 5.70. The summed E-state index contributed by atoms with van der Waals surface area (Å²) < 4.78 is 51.9. The van der Waals surface area contributed by atoms with Crippen molar-refractivity contribution in [3.63, 3.8) is 0 Å². The van der Waals surface area contributed by atoms with E-state index in [0.717, 1.165) is 6.07 Å². The van der Waals surface area contributed by atoms with Gasteiger partial charge in [0.1, 0.15) is 10.6 Å². The fourth-order valence-electron chi connectivity index (χ4n) is 1.39. The van der Waals surface area contributed by atoms with Crippen LogP contribution >= 0.6 is 10.7 Å². The van der Waals surface area contributed by atoms with Crippen molar-refractivity contribution in [3.8, 4) is 5.75 Å². The molecule has 0 aromatic heterocycles. The molecule has 1 N–H and O–H groups in total. The van der Waals surface area contributed by atoms with E-state index >= 15 is 0 Å². The maximum Gasteiger partial charge on any atom is 0.265 e. The number of carbonyl (C=O) groups is 1. The zero-order chi connectivity index (χ0) is 15.3. The number of nitrogens with one attached hydrogen (secondary N) is 1. The van der Waals surface area contributed by atoms with Crippen molar-refractivity contribution < 1.29 is 26.7 Å². The van der Waals surface area contributed by atoms with Gasteiger partial charge >= 0.3 is 0 Å². The molecular formula is C11H12ClF2NO4S. The first-order valence-electron chi connectivity index (χ1n) is 5.53. The average Bonchev–Trinajstić information content (AvgIpc) is 2.35.